The average molecular weight is 682 g/mol. The Morgan fingerprint density at radius 3 is 2.21 bits per heavy atom. The third-order valence-electron chi connectivity index (χ3n) is 9.42. The van der Waals surface area contributed by atoms with Gasteiger partial charge in [0.2, 0.25) is 0 Å². The van der Waals surface area contributed by atoms with Gasteiger partial charge in [-0.2, -0.15) is 0 Å². The number of rotatable bonds is 12. The number of hydrogen-bond acceptors (Lipinski definition) is 10. The van der Waals surface area contributed by atoms with Gasteiger partial charge in [-0.15, -0.1) is 0 Å². The number of β-lactam (4-membered cyclic amide) rings is 1. The van der Waals surface area contributed by atoms with Crippen molar-refractivity contribution >= 4 is 41.7 Å². The van der Waals surface area contributed by atoms with Crippen molar-refractivity contribution in [3.05, 3.63) is 81.7 Å². The summed E-state index contributed by atoms with van der Waals surface area (Å²) in [4.78, 5) is 44.5. The summed E-state index contributed by atoms with van der Waals surface area (Å²) in [6.07, 6.45) is 9.34. The van der Waals surface area contributed by atoms with Gasteiger partial charge in [-0.1, -0.05) is 80.6 Å². The Labute approximate surface area is 278 Å². The lowest BCUT2D eigenvalue weighted by Gasteiger charge is -2.43. The number of nitro benzene ring substituents is 1. The number of nitro groups is 1. The van der Waals surface area contributed by atoms with E-state index in [4.69, 9.17) is 14.0 Å². The number of thioether (sulfide) groups is 1. The van der Waals surface area contributed by atoms with Gasteiger partial charge in [0.25, 0.3) is 19.0 Å². The molecule has 0 aromatic heterocycles. The van der Waals surface area contributed by atoms with Crippen LogP contribution in [0.2, 0.25) is 0 Å². The molecule has 1 amide bonds. The van der Waals surface area contributed by atoms with Gasteiger partial charge in [-0.3, -0.25) is 29.4 Å². The third kappa shape index (κ3) is 7.14. The summed E-state index contributed by atoms with van der Waals surface area (Å²) >= 11 is 1.32. The molecule has 2 heterocycles. The van der Waals surface area contributed by atoms with Crippen LogP contribution in [0, 0.1) is 10.1 Å². The SMILES string of the molecule is CC(OP(=O)(C1CCCCC1)C1CCCCC1)=C(C(=O)OCc1ccccc1[N+](=O)[O-])N1C(=O)C2N=C(COc3ccccc3)SC21. The zero-order valence-electron chi connectivity index (χ0n) is 26.5. The first-order valence-corrected chi connectivity index (χ1v) is 19.0. The highest BCUT2D eigenvalue weighted by atomic mass is 32.2. The molecule has 1 saturated heterocycles. The van der Waals surface area contributed by atoms with Crippen molar-refractivity contribution in [3.63, 3.8) is 0 Å². The molecule has 2 saturated carbocycles. The quantitative estimate of drug-likeness (QED) is 0.0422. The number of amides is 1. The number of nitrogens with zero attached hydrogens (tertiary/aromatic N) is 3. The fraction of sp³-hybridized carbons (Fsp3) is 0.500. The molecule has 3 fully saturated rings. The minimum Gasteiger partial charge on any atom is -0.487 e. The van der Waals surface area contributed by atoms with Gasteiger partial charge in [0.05, 0.1) is 10.5 Å². The zero-order chi connectivity index (χ0) is 33.0. The monoisotopic (exact) mass is 681 g/mol. The Bertz CT molecular complexity index is 1580. The molecular weight excluding hydrogens is 641 g/mol. The summed E-state index contributed by atoms with van der Waals surface area (Å²) in [5, 5.41) is 11.7. The molecule has 2 unspecified atom stereocenters. The molecule has 2 atom stereocenters. The lowest BCUT2D eigenvalue weighted by atomic mass is 10.00. The summed E-state index contributed by atoms with van der Waals surface area (Å²) in [5.74, 6) is -0.523. The highest BCUT2D eigenvalue weighted by Crippen LogP contribution is 2.65. The predicted octanol–water partition coefficient (Wildman–Crippen LogP) is 7.59. The zero-order valence-corrected chi connectivity index (χ0v) is 28.2. The fourth-order valence-corrected chi connectivity index (χ4v) is 11.8. The van der Waals surface area contributed by atoms with Crippen LogP contribution >= 0.6 is 19.1 Å². The molecule has 11 nitrogen and oxygen atoms in total. The highest BCUT2D eigenvalue weighted by molar-refractivity contribution is 8.15. The standard InChI is InChI=1S/C34H40N3O8PS/c1-23(45-46(42,26-16-7-3-8-17-26)27-18-9-4-10-19-27)31(34(39)44-21-24-13-11-12-20-28(24)37(40)41)36-32(38)30-33(36)47-29(35-30)22-43-25-14-5-2-6-15-25/h2,5-6,11-15,20,26-27,30,33H,3-4,7-10,16-19,21-22H2,1H3. The average Bonchev–Trinajstić information content (AvgIpc) is 3.49. The number of benzene rings is 2. The molecule has 4 aliphatic rings. The Morgan fingerprint density at radius 1 is 0.957 bits per heavy atom. The van der Waals surface area contributed by atoms with Gasteiger partial charge in [0.1, 0.15) is 35.1 Å². The predicted molar refractivity (Wildman–Crippen MR) is 179 cm³/mol. The van der Waals surface area contributed by atoms with Crippen molar-refractivity contribution in [3.8, 4) is 5.75 Å². The van der Waals surface area contributed by atoms with Crippen molar-refractivity contribution in [2.45, 2.75) is 100 Å². The Morgan fingerprint density at radius 2 is 1.57 bits per heavy atom. The highest BCUT2D eigenvalue weighted by Gasteiger charge is 2.56. The minimum absolute atomic E-state index is 0.0819. The van der Waals surface area contributed by atoms with Crippen LogP contribution in [0.5, 0.6) is 5.75 Å². The van der Waals surface area contributed by atoms with Crippen LogP contribution in [0.1, 0.15) is 76.7 Å². The molecular formula is C34H40N3O8PS. The van der Waals surface area contributed by atoms with E-state index in [1.807, 2.05) is 30.3 Å². The maximum absolute atomic E-state index is 15.0. The lowest BCUT2D eigenvalue weighted by molar-refractivity contribution is -0.385. The summed E-state index contributed by atoms with van der Waals surface area (Å²) < 4.78 is 33.1. The second-order valence-electron chi connectivity index (χ2n) is 12.5. The first-order valence-electron chi connectivity index (χ1n) is 16.4. The van der Waals surface area contributed by atoms with Crippen LogP contribution in [-0.4, -0.2) is 56.1 Å². The molecule has 0 spiro atoms. The molecule has 0 bridgehead atoms. The smallest absolute Gasteiger partial charge is 0.358 e. The summed E-state index contributed by atoms with van der Waals surface area (Å²) in [5.41, 5.74) is -0.311. The van der Waals surface area contributed by atoms with Crippen LogP contribution in [0.3, 0.4) is 0 Å². The minimum atomic E-state index is -3.30. The van der Waals surface area contributed by atoms with Gasteiger partial charge in [0.15, 0.2) is 11.7 Å². The maximum atomic E-state index is 15.0. The van der Waals surface area contributed by atoms with Crippen LogP contribution in [0.15, 0.2) is 71.0 Å². The van der Waals surface area contributed by atoms with E-state index in [0.717, 1.165) is 64.2 Å². The fourth-order valence-electron chi connectivity index (χ4n) is 7.00. The maximum Gasteiger partial charge on any atom is 0.358 e. The summed E-state index contributed by atoms with van der Waals surface area (Å²) in [6, 6.07) is 14.6. The number of fused-ring (bicyclic) bond motifs is 1. The molecule has 2 aliphatic heterocycles. The van der Waals surface area contributed by atoms with E-state index < -0.39 is 35.6 Å². The van der Waals surface area contributed by atoms with Gasteiger partial charge in [0, 0.05) is 17.4 Å². The van der Waals surface area contributed by atoms with E-state index in [2.05, 4.69) is 4.99 Å². The van der Waals surface area contributed by atoms with E-state index in [1.54, 1.807) is 13.0 Å². The summed E-state index contributed by atoms with van der Waals surface area (Å²) in [6.45, 7) is 1.37. The van der Waals surface area contributed by atoms with E-state index in [-0.39, 0.29) is 47.2 Å². The van der Waals surface area contributed by atoms with Gasteiger partial charge in [-0.05, 0) is 50.8 Å². The van der Waals surface area contributed by atoms with Crippen molar-refractivity contribution in [2.75, 3.05) is 6.61 Å². The normalized spacial score (nSPS) is 22.4. The van der Waals surface area contributed by atoms with E-state index in [9.17, 15) is 19.7 Å². The third-order valence-corrected chi connectivity index (χ3v) is 14.3. The molecule has 250 valence electrons. The molecule has 2 aliphatic carbocycles. The number of carbonyl (C=O) groups is 2. The van der Waals surface area contributed by atoms with Crippen molar-refractivity contribution in [1.29, 1.82) is 0 Å². The van der Waals surface area contributed by atoms with E-state index in [1.165, 1.54) is 34.9 Å². The van der Waals surface area contributed by atoms with Crippen molar-refractivity contribution in [1.82, 2.24) is 4.90 Å². The second-order valence-corrected chi connectivity index (χ2v) is 16.6. The number of para-hydroxylation sites is 2. The molecule has 0 radical (unpaired) electrons. The van der Waals surface area contributed by atoms with Gasteiger partial charge >= 0.3 is 5.97 Å². The topological polar surface area (TPSA) is 138 Å². The van der Waals surface area contributed by atoms with E-state index in [0.29, 0.717) is 10.8 Å². The molecule has 2 aromatic carbocycles. The first kappa shape index (κ1) is 33.3. The number of esters is 1. The first-order chi connectivity index (χ1) is 22.8. The largest absolute Gasteiger partial charge is 0.487 e. The number of hydrogen-bond donors (Lipinski definition) is 0. The molecule has 2 aromatic rings. The van der Waals surface area contributed by atoms with Gasteiger partial charge in [-0.25, -0.2) is 4.79 Å². The lowest BCUT2D eigenvalue weighted by Crippen LogP contribution is -2.61. The van der Waals surface area contributed by atoms with Crippen molar-refractivity contribution in [2.24, 2.45) is 4.99 Å². The number of aliphatic imine (C=N–C) groups is 1. The molecule has 6 rings (SSSR count). The Balaban J connectivity index is 1.28. The van der Waals surface area contributed by atoms with Gasteiger partial charge < -0.3 is 14.0 Å². The van der Waals surface area contributed by atoms with Crippen LogP contribution in [0.4, 0.5) is 5.69 Å². The Hall–Kier alpha value is -3.63. The molecule has 13 heteroatoms. The van der Waals surface area contributed by atoms with Crippen LogP contribution in [-0.2, 0) is 30.0 Å². The number of carbonyl (C=O) groups excluding carboxylic acids is 2. The Kier molecular flexibility index (Phi) is 10.4. The number of allylic oxidation sites excluding steroid dienone is 1. The van der Waals surface area contributed by atoms with E-state index >= 15 is 4.57 Å². The van der Waals surface area contributed by atoms with Crippen LogP contribution < -0.4 is 4.74 Å². The molecule has 47 heavy (non-hydrogen) atoms. The number of ether oxygens (including phenoxy) is 2. The molecule has 0 N–H and O–H groups in total. The summed E-state index contributed by atoms with van der Waals surface area (Å²) in [7, 11) is -3.30. The number of likely N-dealkylation sites (tertiary alicyclic amines) is 1. The second kappa shape index (κ2) is 14.6. The van der Waals surface area contributed by atoms with Crippen LogP contribution in [0.25, 0.3) is 0 Å². The van der Waals surface area contributed by atoms with Crippen molar-refractivity contribution < 1.29 is 33.1 Å².